The Morgan fingerprint density at radius 2 is 1.88 bits per heavy atom. The van der Waals surface area contributed by atoms with Crippen molar-refractivity contribution in [2.75, 3.05) is 0 Å². The molecule has 0 heterocycles. The Balaban J connectivity index is 2.54. The molecule has 100 valence electrons. The van der Waals surface area contributed by atoms with Crippen molar-refractivity contribution in [3.63, 3.8) is 0 Å². The van der Waals surface area contributed by atoms with E-state index < -0.39 is 30.5 Å². The van der Waals surface area contributed by atoms with Gasteiger partial charge in [-0.15, -0.1) is 0 Å². The van der Waals surface area contributed by atoms with Gasteiger partial charge in [0.1, 0.15) is 5.60 Å². The molecule has 0 aromatic heterocycles. The van der Waals surface area contributed by atoms with Gasteiger partial charge in [0.2, 0.25) is 0 Å². The van der Waals surface area contributed by atoms with Crippen molar-refractivity contribution >= 4 is 13.1 Å². The van der Waals surface area contributed by atoms with Crippen molar-refractivity contribution in [2.45, 2.75) is 57.5 Å². The number of hydrogen-bond acceptors (Lipinski definition) is 2. The van der Waals surface area contributed by atoms with Gasteiger partial charge in [-0.25, -0.2) is 4.79 Å². The lowest BCUT2D eigenvalue weighted by molar-refractivity contribution is 0.0503. The molecule has 17 heavy (non-hydrogen) atoms. The summed E-state index contributed by atoms with van der Waals surface area (Å²) in [5.41, 5.74) is -0.693. The quantitative estimate of drug-likeness (QED) is 0.766. The van der Waals surface area contributed by atoms with E-state index in [1.165, 1.54) is 0 Å². The maximum absolute atomic E-state index is 12.7. The summed E-state index contributed by atoms with van der Waals surface area (Å²) in [7, 11) is 0. The highest BCUT2D eigenvalue weighted by Gasteiger charge is 2.43. The molecule has 1 fully saturated rings. The predicted molar refractivity (Wildman–Crippen MR) is 59.8 cm³/mol. The summed E-state index contributed by atoms with van der Waals surface area (Å²) < 4.78 is 43.0. The van der Waals surface area contributed by atoms with Crippen LogP contribution in [0.25, 0.3) is 0 Å². The Hall–Kier alpha value is -0.875. The number of carbonyl (C=O) groups excluding carboxylic acids is 1. The van der Waals surface area contributed by atoms with Crippen molar-refractivity contribution in [1.29, 1.82) is 0 Å². The van der Waals surface area contributed by atoms with Gasteiger partial charge in [0, 0.05) is 6.04 Å². The van der Waals surface area contributed by atoms with Crippen LogP contribution < -0.4 is 5.32 Å². The normalized spacial score (nSPS) is 25.8. The first-order chi connectivity index (χ1) is 7.59. The fraction of sp³-hybridized carbons (Fsp3) is 0.900. The lowest BCUT2D eigenvalue weighted by atomic mass is 9.69. The lowest BCUT2D eigenvalue weighted by Crippen LogP contribution is -2.43. The zero-order chi connectivity index (χ0) is 13.3. The molecule has 0 saturated heterocycles. The first-order valence-electron chi connectivity index (χ1n) is 5.79. The number of ether oxygens (including phenoxy) is 1. The number of alkyl carbamates (subject to hydrolysis) is 1. The molecule has 1 aliphatic rings. The Kier molecular flexibility index (Phi) is 3.99. The highest BCUT2D eigenvalue weighted by molar-refractivity contribution is 6.60. The van der Waals surface area contributed by atoms with Crippen molar-refractivity contribution in [1.82, 2.24) is 5.32 Å². The summed E-state index contributed by atoms with van der Waals surface area (Å²) in [4.78, 5) is 11.4. The minimum absolute atomic E-state index is 0.101. The zero-order valence-corrected chi connectivity index (χ0v) is 10.3. The molecule has 1 aliphatic carbocycles. The molecule has 3 nitrogen and oxygen atoms in total. The van der Waals surface area contributed by atoms with E-state index in [9.17, 15) is 17.7 Å². The maximum atomic E-state index is 12.7. The number of nitrogens with one attached hydrogen (secondary N) is 1. The van der Waals surface area contributed by atoms with Crippen LogP contribution in [0, 0.1) is 0 Å². The van der Waals surface area contributed by atoms with E-state index >= 15 is 0 Å². The first kappa shape index (κ1) is 14.2. The fourth-order valence-corrected chi connectivity index (χ4v) is 2.08. The SMILES string of the molecule is CC(C)(C)OC(=O)NC1CCCC1[B-](F)(F)F. The van der Waals surface area contributed by atoms with Gasteiger partial charge in [-0.1, -0.05) is 18.7 Å². The minimum atomic E-state index is -4.90. The van der Waals surface area contributed by atoms with Crippen molar-refractivity contribution < 1.29 is 22.5 Å². The van der Waals surface area contributed by atoms with Crippen molar-refractivity contribution in [3.8, 4) is 0 Å². The lowest BCUT2D eigenvalue weighted by Gasteiger charge is -2.30. The summed E-state index contributed by atoms with van der Waals surface area (Å²) in [5, 5.41) is 2.33. The number of carbonyl (C=O) groups is 1. The van der Waals surface area contributed by atoms with Crippen molar-refractivity contribution in [2.24, 2.45) is 0 Å². The van der Waals surface area contributed by atoms with Gasteiger partial charge in [-0.3, -0.25) is 0 Å². The smallest absolute Gasteiger partial charge is 0.449 e. The van der Waals surface area contributed by atoms with E-state index in [1.807, 2.05) is 0 Å². The molecule has 1 rings (SSSR count). The third-order valence-electron chi connectivity index (χ3n) is 2.76. The summed E-state index contributed by atoms with van der Waals surface area (Å²) in [6, 6.07) is -0.829. The van der Waals surface area contributed by atoms with E-state index in [2.05, 4.69) is 5.32 Å². The second kappa shape index (κ2) is 4.78. The summed E-state index contributed by atoms with van der Waals surface area (Å²) >= 11 is 0. The topological polar surface area (TPSA) is 38.3 Å². The summed E-state index contributed by atoms with van der Waals surface area (Å²) in [5.74, 6) is -1.39. The van der Waals surface area contributed by atoms with Gasteiger partial charge >= 0.3 is 13.1 Å². The number of rotatable bonds is 2. The summed E-state index contributed by atoms with van der Waals surface area (Å²) in [6.07, 6.45) is 0.191. The molecular formula is C10H18BF3NO2-. The van der Waals surface area contributed by atoms with Gasteiger partial charge in [0.15, 0.2) is 0 Å². The van der Waals surface area contributed by atoms with Gasteiger partial charge in [0.05, 0.1) is 0 Å². The Labute approximate surface area is 99.1 Å². The van der Waals surface area contributed by atoms with Crippen LogP contribution in [0.2, 0.25) is 5.82 Å². The molecule has 1 amide bonds. The molecule has 0 spiro atoms. The van der Waals surface area contributed by atoms with Gasteiger partial charge < -0.3 is 23.0 Å². The standard InChI is InChI=1S/C10H18BF3NO2/c1-10(2,3)17-9(16)15-8-6-4-5-7(8)11(12,13)14/h7-8H,4-6H2,1-3H3,(H,15,16)/q-1. The minimum Gasteiger partial charge on any atom is -0.449 e. The van der Waals surface area contributed by atoms with Gasteiger partial charge in [-0.2, -0.15) is 0 Å². The Morgan fingerprint density at radius 3 is 2.35 bits per heavy atom. The van der Waals surface area contributed by atoms with Crippen LogP contribution in [0.4, 0.5) is 17.7 Å². The highest BCUT2D eigenvalue weighted by Crippen LogP contribution is 2.41. The molecule has 2 atom stereocenters. The van der Waals surface area contributed by atoms with Gasteiger partial charge in [0.25, 0.3) is 0 Å². The second-order valence-corrected chi connectivity index (χ2v) is 5.47. The van der Waals surface area contributed by atoms with Gasteiger partial charge in [-0.05, 0) is 27.2 Å². The Bertz CT molecular complexity index is 288. The molecular weight excluding hydrogens is 234 g/mol. The van der Waals surface area contributed by atoms with E-state index in [-0.39, 0.29) is 6.42 Å². The third-order valence-corrected chi connectivity index (χ3v) is 2.76. The van der Waals surface area contributed by atoms with E-state index in [1.54, 1.807) is 20.8 Å². The Morgan fingerprint density at radius 1 is 1.29 bits per heavy atom. The van der Waals surface area contributed by atoms with Crippen molar-refractivity contribution in [3.05, 3.63) is 0 Å². The second-order valence-electron chi connectivity index (χ2n) is 5.47. The first-order valence-corrected chi connectivity index (χ1v) is 5.79. The molecule has 0 aliphatic heterocycles. The monoisotopic (exact) mass is 252 g/mol. The van der Waals surface area contributed by atoms with Crippen LogP contribution >= 0.6 is 0 Å². The van der Waals surface area contributed by atoms with Crippen LogP contribution in [-0.4, -0.2) is 24.7 Å². The predicted octanol–water partition coefficient (Wildman–Crippen LogP) is 3.28. The van der Waals surface area contributed by atoms with E-state index in [4.69, 9.17) is 4.74 Å². The van der Waals surface area contributed by atoms with Crippen LogP contribution in [-0.2, 0) is 4.74 Å². The average Bonchev–Trinajstić information content (AvgIpc) is 2.46. The molecule has 0 radical (unpaired) electrons. The average molecular weight is 252 g/mol. The van der Waals surface area contributed by atoms with Crippen LogP contribution in [0.5, 0.6) is 0 Å². The molecule has 1 N–H and O–H groups in total. The third kappa shape index (κ3) is 4.48. The van der Waals surface area contributed by atoms with Crippen LogP contribution in [0.15, 0.2) is 0 Å². The molecule has 2 unspecified atom stereocenters. The summed E-state index contributed by atoms with van der Waals surface area (Å²) in [6.45, 7) is 0.122. The molecule has 7 heteroatoms. The van der Waals surface area contributed by atoms with E-state index in [0.717, 1.165) is 0 Å². The maximum Gasteiger partial charge on any atom is 0.483 e. The van der Waals surface area contributed by atoms with E-state index in [0.29, 0.717) is 12.8 Å². The van der Waals surface area contributed by atoms with Crippen LogP contribution in [0.1, 0.15) is 40.0 Å². The number of hydrogen-bond donors (Lipinski definition) is 1. The molecule has 0 bridgehead atoms. The number of amides is 1. The highest BCUT2D eigenvalue weighted by atomic mass is 19.4. The van der Waals surface area contributed by atoms with Crippen LogP contribution in [0.3, 0.4) is 0 Å². The molecule has 0 aromatic carbocycles. The fourth-order valence-electron chi connectivity index (χ4n) is 2.08. The zero-order valence-electron chi connectivity index (χ0n) is 10.3. The molecule has 1 saturated carbocycles. The largest absolute Gasteiger partial charge is 0.483 e. The molecule has 0 aromatic rings. The number of halogens is 3.